The van der Waals surface area contributed by atoms with Crippen molar-refractivity contribution in [3.8, 4) is 0 Å². The first kappa shape index (κ1) is 22.1. The second-order valence-corrected chi connectivity index (χ2v) is 7.47. The Balaban J connectivity index is 1.41. The van der Waals surface area contributed by atoms with E-state index in [1.165, 1.54) is 17.2 Å². The van der Waals surface area contributed by atoms with Gasteiger partial charge in [0.2, 0.25) is 0 Å². The first-order valence-corrected chi connectivity index (χ1v) is 10.1. The van der Waals surface area contributed by atoms with Gasteiger partial charge in [-0.2, -0.15) is 0 Å². The minimum absolute atomic E-state index is 0.0996. The molecule has 2 aliphatic rings. The van der Waals surface area contributed by atoms with Gasteiger partial charge in [-0.3, -0.25) is 9.36 Å². The van der Waals surface area contributed by atoms with Crippen molar-refractivity contribution >= 4 is 29.0 Å². The summed E-state index contributed by atoms with van der Waals surface area (Å²) in [6.07, 6.45) is -2.16. The number of hydrogen-bond acceptors (Lipinski definition) is 11. The topological polar surface area (TPSA) is 190 Å². The third-order valence-electron chi connectivity index (χ3n) is 5.23. The Bertz CT molecular complexity index is 964. The van der Waals surface area contributed by atoms with Crippen LogP contribution in [0.4, 0.5) is 10.6 Å². The van der Waals surface area contributed by atoms with Gasteiger partial charge in [0.1, 0.15) is 31.2 Å². The second-order valence-electron chi connectivity index (χ2n) is 7.47. The molecule has 2 aromatic rings. The number of anilines is 1. The molecule has 14 heteroatoms. The Kier molecular flexibility index (Phi) is 6.64. The molecule has 5 N–H and O–H groups in total. The molecule has 0 aromatic carbocycles. The number of rotatable bonds is 8. The van der Waals surface area contributed by atoms with Crippen LogP contribution in [0, 0.1) is 0 Å². The van der Waals surface area contributed by atoms with Crippen LogP contribution in [-0.2, 0) is 19.0 Å². The standard InChI is InChI=1S/C18H24N6O8/c25-11(26)1-3-19-18(29)31-6-10-13(27)14(28)17(32-10)24-8-22-12-15(20-7-21-16(12)24)23-9-2-4-30-5-9/h7-10,13-14,17,27-28H,1-6H2,(H,19,29)(H,25,26)(H,20,21,23)/t9-,10-,13-,14-,17?/m1/s1. The number of fused-ring (bicyclic) bond motifs is 1. The SMILES string of the molecule is O=C(O)CCNC(=O)OC[C@H]1OC(n2cnc3c(N[C@@H]4CCOC4)ncnc32)[C@H](O)[C@@H]1O. The number of carboxylic acid groups (broad SMARTS) is 1. The molecule has 0 saturated carbocycles. The van der Waals surface area contributed by atoms with Crippen LogP contribution in [0.2, 0.25) is 0 Å². The summed E-state index contributed by atoms with van der Waals surface area (Å²) in [5.41, 5.74) is 0.868. The molecule has 5 atom stereocenters. The molecule has 14 nitrogen and oxygen atoms in total. The molecule has 174 valence electrons. The molecule has 2 fully saturated rings. The third-order valence-corrected chi connectivity index (χ3v) is 5.23. The Hall–Kier alpha value is -3.07. The summed E-state index contributed by atoms with van der Waals surface area (Å²) in [5.74, 6) is -0.535. The highest BCUT2D eigenvalue weighted by atomic mass is 16.6. The van der Waals surface area contributed by atoms with Crippen LogP contribution in [0.15, 0.2) is 12.7 Å². The van der Waals surface area contributed by atoms with E-state index in [-0.39, 0.29) is 25.6 Å². The first-order valence-electron chi connectivity index (χ1n) is 10.1. The van der Waals surface area contributed by atoms with Crippen molar-refractivity contribution in [3.63, 3.8) is 0 Å². The largest absolute Gasteiger partial charge is 0.481 e. The average Bonchev–Trinajstić information content (AvgIpc) is 3.48. The maximum atomic E-state index is 11.7. The lowest BCUT2D eigenvalue weighted by atomic mass is 10.1. The number of aliphatic hydroxyl groups excluding tert-OH is 2. The van der Waals surface area contributed by atoms with Crippen molar-refractivity contribution in [2.24, 2.45) is 0 Å². The molecule has 4 rings (SSSR count). The van der Waals surface area contributed by atoms with Gasteiger partial charge in [0, 0.05) is 13.2 Å². The number of hydrogen-bond donors (Lipinski definition) is 5. The predicted octanol–water partition coefficient (Wildman–Crippen LogP) is -1.15. The maximum absolute atomic E-state index is 11.7. The number of aliphatic carboxylic acids is 1. The summed E-state index contributed by atoms with van der Waals surface area (Å²) in [7, 11) is 0. The predicted molar refractivity (Wildman–Crippen MR) is 106 cm³/mol. The Morgan fingerprint density at radius 3 is 2.84 bits per heavy atom. The minimum atomic E-state index is -1.33. The molecule has 1 amide bonds. The quantitative estimate of drug-likeness (QED) is 0.324. The summed E-state index contributed by atoms with van der Waals surface area (Å²) in [4.78, 5) is 34.9. The van der Waals surface area contributed by atoms with Crippen molar-refractivity contribution < 1.29 is 39.1 Å². The second kappa shape index (κ2) is 9.60. The zero-order valence-corrected chi connectivity index (χ0v) is 17.0. The van der Waals surface area contributed by atoms with Crippen LogP contribution in [0.5, 0.6) is 0 Å². The van der Waals surface area contributed by atoms with Gasteiger partial charge in [0.05, 0.1) is 25.4 Å². The van der Waals surface area contributed by atoms with Gasteiger partial charge in [-0.15, -0.1) is 0 Å². The number of carboxylic acids is 1. The van der Waals surface area contributed by atoms with E-state index in [9.17, 15) is 19.8 Å². The number of ether oxygens (including phenoxy) is 3. The molecule has 4 heterocycles. The van der Waals surface area contributed by atoms with Crippen LogP contribution in [0.3, 0.4) is 0 Å². The number of alkyl carbamates (subject to hydrolysis) is 1. The number of amides is 1. The van der Waals surface area contributed by atoms with Crippen LogP contribution in [0.1, 0.15) is 19.1 Å². The van der Waals surface area contributed by atoms with Gasteiger partial charge in [-0.25, -0.2) is 19.7 Å². The summed E-state index contributed by atoms with van der Waals surface area (Å²) < 4.78 is 17.5. The molecule has 2 saturated heterocycles. The molecule has 0 bridgehead atoms. The highest BCUT2D eigenvalue weighted by molar-refractivity contribution is 5.82. The summed E-state index contributed by atoms with van der Waals surface area (Å²) in [5, 5.41) is 35.0. The zero-order chi connectivity index (χ0) is 22.7. The number of aromatic nitrogens is 4. The molecule has 32 heavy (non-hydrogen) atoms. The van der Waals surface area contributed by atoms with E-state index in [0.29, 0.717) is 30.2 Å². The monoisotopic (exact) mass is 452 g/mol. The number of carbonyl (C=O) groups excluding carboxylic acids is 1. The van der Waals surface area contributed by atoms with Crippen LogP contribution >= 0.6 is 0 Å². The van der Waals surface area contributed by atoms with Crippen molar-refractivity contribution in [2.45, 2.75) is 43.4 Å². The van der Waals surface area contributed by atoms with E-state index < -0.39 is 36.6 Å². The third kappa shape index (κ3) is 4.72. The Morgan fingerprint density at radius 1 is 1.25 bits per heavy atom. The molecular weight excluding hydrogens is 428 g/mol. The van der Waals surface area contributed by atoms with Crippen LogP contribution in [0.25, 0.3) is 11.2 Å². The number of carbonyl (C=O) groups is 2. The number of nitrogens with zero attached hydrogens (tertiary/aromatic N) is 4. The fourth-order valence-electron chi connectivity index (χ4n) is 3.56. The number of imidazole rings is 1. The highest BCUT2D eigenvalue weighted by Crippen LogP contribution is 2.32. The van der Waals surface area contributed by atoms with E-state index in [2.05, 4.69) is 25.6 Å². The van der Waals surface area contributed by atoms with Gasteiger partial charge in [-0.1, -0.05) is 0 Å². The fourth-order valence-corrected chi connectivity index (χ4v) is 3.56. The smallest absolute Gasteiger partial charge is 0.407 e. The Labute approximate surface area is 181 Å². The lowest BCUT2D eigenvalue weighted by Crippen LogP contribution is -2.36. The Morgan fingerprint density at radius 2 is 2.09 bits per heavy atom. The van der Waals surface area contributed by atoms with E-state index in [4.69, 9.17) is 19.3 Å². The molecule has 2 aliphatic heterocycles. The molecule has 0 aliphatic carbocycles. The van der Waals surface area contributed by atoms with Crippen molar-refractivity contribution in [1.82, 2.24) is 24.8 Å². The van der Waals surface area contributed by atoms with Crippen molar-refractivity contribution in [3.05, 3.63) is 12.7 Å². The number of nitrogens with one attached hydrogen (secondary N) is 2. The van der Waals surface area contributed by atoms with Crippen molar-refractivity contribution in [1.29, 1.82) is 0 Å². The van der Waals surface area contributed by atoms with E-state index in [0.717, 1.165) is 6.42 Å². The lowest BCUT2D eigenvalue weighted by molar-refractivity contribution is -0.136. The van der Waals surface area contributed by atoms with E-state index >= 15 is 0 Å². The summed E-state index contributed by atoms with van der Waals surface area (Å²) >= 11 is 0. The van der Waals surface area contributed by atoms with Crippen LogP contribution < -0.4 is 10.6 Å². The first-order chi connectivity index (χ1) is 15.4. The average molecular weight is 452 g/mol. The number of aliphatic hydroxyl groups is 2. The van der Waals surface area contributed by atoms with Crippen molar-refractivity contribution in [2.75, 3.05) is 31.7 Å². The van der Waals surface area contributed by atoms with Gasteiger partial charge in [0.15, 0.2) is 23.2 Å². The van der Waals surface area contributed by atoms with Gasteiger partial charge in [0.25, 0.3) is 0 Å². The van der Waals surface area contributed by atoms with E-state index in [1.54, 1.807) is 0 Å². The van der Waals surface area contributed by atoms with Crippen LogP contribution in [-0.4, -0.2) is 97.6 Å². The minimum Gasteiger partial charge on any atom is -0.481 e. The normalized spacial score (nSPS) is 27.5. The summed E-state index contributed by atoms with van der Waals surface area (Å²) in [6.45, 7) is 0.789. The highest BCUT2D eigenvalue weighted by Gasteiger charge is 2.45. The fraction of sp³-hybridized carbons (Fsp3) is 0.611. The maximum Gasteiger partial charge on any atom is 0.407 e. The van der Waals surface area contributed by atoms with E-state index in [1.807, 2.05) is 0 Å². The molecule has 0 radical (unpaired) electrons. The van der Waals surface area contributed by atoms with Gasteiger partial charge < -0.3 is 40.2 Å². The molecule has 1 unspecified atom stereocenters. The summed E-state index contributed by atoms with van der Waals surface area (Å²) in [6, 6.07) is 0.108. The van der Waals surface area contributed by atoms with Gasteiger partial charge >= 0.3 is 12.1 Å². The zero-order valence-electron chi connectivity index (χ0n) is 17.0. The molecule has 0 spiro atoms. The lowest BCUT2D eigenvalue weighted by Gasteiger charge is -2.17. The molecular formula is C18H24N6O8. The molecule has 2 aromatic heterocycles. The van der Waals surface area contributed by atoms with Gasteiger partial charge in [-0.05, 0) is 6.42 Å².